The van der Waals surface area contributed by atoms with Crippen molar-refractivity contribution in [3.63, 3.8) is 0 Å². The fraction of sp³-hybridized carbons (Fsp3) is 0.261. The molecule has 0 aliphatic carbocycles. The minimum absolute atomic E-state index is 0.0585. The molecule has 0 unspecified atom stereocenters. The number of aromatic nitrogens is 6. The molecule has 3 heterocycles. The highest BCUT2D eigenvalue weighted by molar-refractivity contribution is 7.93. The van der Waals surface area contributed by atoms with E-state index in [0.29, 0.717) is 28.6 Å². The zero-order valence-electron chi connectivity index (χ0n) is 20.4. The highest BCUT2D eigenvalue weighted by Gasteiger charge is 2.28. The van der Waals surface area contributed by atoms with E-state index in [0.717, 1.165) is 12.4 Å². The van der Waals surface area contributed by atoms with Crippen LogP contribution in [0.3, 0.4) is 0 Å². The maximum atomic E-state index is 13.3. The topological polar surface area (TPSA) is 143 Å². The highest BCUT2D eigenvalue weighted by Crippen LogP contribution is 2.37. The monoisotopic (exact) mass is 529 g/mol. The third-order valence-electron chi connectivity index (χ3n) is 5.40. The molecule has 0 saturated carbocycles. The van der Waals surface area contributed by atoms with E-state index in [4.69, 9.17) is 14.2 Å². The van der Waals surface area contributed by atoms with Crippen LogP contribution in [0.5, 0.6) is 17.4 Å². The molecule has 4 rings (SSSR count). The van der Waals surface area contributed by atoms with Crippen molar-refractivity contribution in [2.75, 3.05) is 26.1 Å². The van der Waals surface area contributed by atoms with Gasteiger partial charge in [-0.1, -0.05) is 6.07 Å². The average Bonchev–Trinajstić information content (AvgIpc) is 3.31. The van der Waals surface area contributed by atoms with Crippen molar-refractivity contribution in [3.05, 3.63) is 60.6 Å². The van der Waals surface area contributed by atoms with Crippen LogP contribution in [0, 0.1) is 5.82 Å². The summed E-state index contributed by atoms with van der Waals surface area (Å²) in [7, 11) is 0.416. The van der Waals surface area contributed by atoms with Crippen LogP contribution in [-0.2, 0) is 16.4 Å². The molecule has 14 heteroatoms. The summed E-state index contributed by atoms with van der Waals surface area (Å²) in [4.78, 5) is 11.9. The first-order valence-electron chi connectivity index (χ1n) is 10.9. The Morgan fingerprint density at radius 2 is 1.62 bits per heavy atom. The van der Waals surface area contributed by atoms with Gasteiger partial charge in [0.2, 0.25) is 21.9 Å². The summed E-state index contributed by atoms with van der Waals surface area (Å²) in [5.41, 5.74) is 0.898. The SMILES string of the molecule is COc1ccc(-c2nnc(NS(=O)(=O)[C@H](C)Cc3ncc(F)cn3)n2-c2c(OC)cccc2OC)cn1. The Morgan fingerprint density at radius 3 is 2.19 bits per heavy atom. The fourth-order valence-electron chi connectivity index (χ4n) is 3.47. The molecule has 37 heavy (non-hydrogen) atoms. The average molecular weight is 530 g/mol. The van der Waals surface area contributed by atoms with Crippen molar-refractivity contribution in [1.29, 1.82) is 0 Å². The zero-order valence-corrected chi connectivity index (χ0v) is 21.2. The number of nitrogens with zero attached hydrogens (tertiary/aromatic N) is 6. The van der Waals surface area contributed by atoms with Crippen molar-refractivity contribution >= 4 is 16.0 Å². The number of halogens is 1. The van der Waals surface area contributed by atoms with Crippen molar-refractivity contribution in [1.82, 2.24) is 29.7 Å². The van der Waals surface area contributed by atoms with E-state index >= 15 is 0 Å². The van der Waals surface area contributed by atoms with Gasteiger partial charge in [0.1, 0.15) is 23.0 Å². The second-order valence-corrected chi connectivity index (χ2v) is 9.86. The molecule has 1 atom stereocenters. The van der Waals surface area contributed by atoms with Gasteiger partial charge in [-0.3, -0.25) is 9.29 Å². The molecule has 0 fully saturated rings. The van der Waals surface area contributed by atoms with E-state index < -0.39 is 21.1 Å². The number of rotatable bonds is 10. The molecule has 194 valence electrons. The number of sulfonamides is 1. The first-order chi connectivity index (χ1) is 17.8. The van der Waals surface area contributed by atoms with Crippen molar-refractivity contribution in [3.8, 4) is 34.5 Å². The van der Waals surface area contributed by atoms with Gasteiger partial charge < -0.3 is 14.2 Å². The lowest BCUT2D eigenvalue weighted by Gasteiger charge is -2.19. The van der Waals surface area contributed by atoms with Gasteiger partial charge in [-0.25, -0.2) is 27.8 Å². The lowest BCUT2D eigenvalue weighted by atomic mass is 10.2. The molecule has 0 aliphatic rings. The molecule has 0 amide bonds. The maximum absolute atomic E-state index is 13.3. The molecular weight excluding hydrogens is 505 g/mol. The second kappa shape index (κ2) is 10.7. The summed E-state index contributed by atoms with van der Waals surface area (Å²) in [6, 6.07) is 8.47. The number of hydrogen-bond donors (Lipinski definition) is 1. The number of anilines is 1. The van der Waals surface area contributed by atoms with Crippen LogP contribution >= 0.6 is 0 Å². The maximum Gasteiger partial charge on any atom is 0.243 e. The minimum atomic E-state index is -4.04. The Morgan fingerprint density at radius 1 is 0.946 bits per heavy atom. The molecule has 4 aromatic rings. The second-order valence-electron chi connectivity index (χ2n) is 7.76. The summed E-state index contributed by atoms with van der Waals surface area (Å²) in [5.74, 6) is 0.882. The Hall–Kier alpha value is -4.33. The van der Waals surface area contributed by atoms with Gasteiger partial charge in [0.15, 0.2) is 11.6 Å². The smallest absolute Gasteiger partial charge is 0.243 e. The summed E-state index contributed by atoms with van der Waals surface area (Å²) < 4.78 is 59.9. The van der Waals surface area contributed by atoms with Gasteiger partial charge in [0.25, 0.3) is 0 Å². The Bertz CT molecular complexity index is 1460. The van der Waals surface area contributed by atoms with Crippen LogP contribution in [-0.4, -0.2) is 64.7 Å². The third kappa shape index (κ3) is 5.43. The van der Waals surface area contributed by atoms with Crippen molar-refractivity contribution < 1.29 is 27.0 Å². The first kappa shape index (κ1) is 25.8. The van der Waals surface area contributed by atoms with Gasteiger partial charge in [0.05, 0.1) is 39.0 Å². The Balaban J connectivity index is 1.80. The lowest BCUT2D eigenvalue weighted by molar-refractivity contribution is 0.391. The first-order valence-corrected chi connectivity index (χ1v) is 12.5. The largest absolute Gasteiger partial charge is 0.494 e. The molecule has 0 radical (unpaired) electrons. The van der Waals surface area contributed by atoms with Crippen molar-refractivity contribution in [2.45, 2.75) is 18.6 Å². The van der Waals surface area contributed by atoms with Crippen LogP contribution in [0.25, 0.3) is 17.1 Å². The van der Waals surface area contributed by atoms with E-state index in [-0.39, 0.29) is 24.0 Å². The quantitative estimate of drug-likeness (QED) is 0.326. The summed E-state index contributed by atoms with van der Waals surface area (Å²) in [5, 5.41) is 7.36. The molecule has 0 aliphatic heterocycles. The molecular formula is C23H24FN7O5S. The number of pyridine rings is 1. The Labute approximate surface area is 212 Å². The molecule has 0 bridgehead atoms. The molecule has 1 aromatic carbocycles. The number of hydrogen-bond acceptors (Lipinski definition) is 10. The highest BCUT2D eigenvalue weighted by atomic mass is 32.2. The van der Waals surface area contributed by atoms with Crippen molar-refractivity contribution in [2.24, 2.45) is 0 Å². The van der Waals surface area contributed by atoms with Gasteiger partial charge in [-0.05, 0) is 25.1 Å². The molecule has 0 spiro atoms. The number of nitrogens with one attached hydrogen (secondary N) is 1. The molecule has 0 saturated heterocycles. The van der Waals surface area contributed by atoms with Crippen LogP contribution in [0.2, 0.25) is 0 Å². The van der Waals surface area contributed by atoms with Crippen LogP contribution in [0.1, 0.15) is 12.7 Å². The van der Waals surface area contributed by atoms with Crippen LogP contribution in [0.15, 0.2) is 48.9 Å². The number of methoxy groups -OCH3 is 3. The third-order valence-corrected chi connectivity index (χ3v) is 7.09. The van der Waals surface area contributed by atoms with Gasteiger partial charge in [0, 0.05) is 24.2 Å². The molecule has 3 aromatic heterocycles. The van der Waals surface area contributed by atoms with E-state index in [1.54, 1.807) is 30.3 Å². The summed E-state index contributed by atoms with van der Waals surface area (Å²) in [6.07, 6.45) is 3.43. The normalized spacial score (nSPS) is 12.1. The number of benzene rings is 1. The van der Waals surface area contributed by atoms with E-state index in [1.165, 1.54) is 39.0 Å². The zero-order chi connectivity index (χ0) is 26.6. The lowest BCUT2D eigenvalue weighted by Crippen LogP contribution is -2.29. The number of para-hydroxylation sites is 1. The summed E-state index contributed by atoms with van der Waals surface area (Å²) in [6.45, 7) is 1.48. The predicted molar refractivity (Wildman–Crippen MR) is 132 cm³/mol. The molecule has 1 N–H and O–H groups in total. The fourth-order valence-corrected chi connectivity index (χ4v) is 4.43. The standard InChI is InChI=1S/C23H24FN7O5S/c1-14(10-19-25-12-16(24)13-26-19)37(32,33)30-23-29-28-22(15-8-9-20(36-4)27-11-15)31(23)21-17(34-2)6-5-7-18(21)35-3/h5-9,11-14H,10H2,1-4H3,(H,29,30)/t14-/m1/s1. The molecule has 12 nitrogen and oxygen atoms in total. The van der Waals surface area contributed by atoms with Gasteiger partial charge in [-0.2, -0.15) is 0 Å². The number of ether oxygens (including phenoxy) is 3. The minimum Gasteiger partial charge on any atom is -0.494 e. The van der Waals surface area contributed by atoms with E-state index in [2.05, 4.69) is 29.9 Å². The van der Waals surface area contributed by atoms with Gasteiger partial charge >= 0.3 is 0 Å². The van der Waals surface area contributed by atoms with Gasteiger partial charge in [-0.15, -0.1) is 10.2 Å². The Kier molecular flexibility index (Phi) is 7.47. The predicted octanol–water partition coefficient (Wildman–Crippen LogP) is 2.66. The van der Waals surface area contributed by atoms with E-state index in [1.807, 2.05) is 0 Å². The van der Waals surface area contributed by atoms with Crippen LogP contribution in [0.4, 0.5) is 10.3 Å². The van der Waals surface area contributed by atoms with Crippen LogP contribution < -0.4 is 18.9 Å². The van der Waals surface area contributed by atoms with E-state index in [9.17, 15) is 12.8 Å². The summed E-state index contributed by atoms with van der Waals surface area (Å²) >= 11 is 0.